The van der Waals surface area contributed by atoms with E-state index in [0.717, 1.165) is 50.5 Å². The van der Waals surface area contributed by atoms with E-state index in [9.17, 15) is 4.79 Å². The Balaban J connectivity index is 1.38. The first-order chi connectivity index (χ1) is 12.2. The van der Waals surface area contributed by atoms with Crippen molar-refractivity contribution >= 4 is 27.5 Å². The number of aromatic nitrogens is 1. The van der Waals surface area contributed by atoms with Crippen LogP contribution in [0.25, 0.3) is 10.2 Å². The first kappa shape index (κ1) is 17.0. The molecule has 2 aromatic rings. The number of benzene rings is 1. The van der Waals surface area contributed by atoms with Crippen LogP contribution in [0.15, 0.2) is 24.3 Å². The van der Waals surface area contributed by atoms with Gasteiger partial charge in [0.15, 0.2) is 6.54 Å². The lowest BCUT2D eigenvalue weighted by Crippen LogP contribution is -3.14. The minimum atomic E-state index is 0.354. The van der Waals surface area contributed by atoms with Gasteiger partial charge < -0.3 is 9.80 Å². The molecule has 0 spiro atoms. The average Bonchev–Trinajstić information content (AvgIpc) is 3.07. The molecule has 0 radical (unpaired) electrons. The van der Waals surface area contributed by atoms with Crippen LogP contribution in [0.4, 0.5) is 0 Å². The summed E-state index contributed by atoms with van der Waals surface area (Å²) in [5.74, 6) is 1.64. The lowest BCUT2D eigenvalue weighted by atomic mass is 9.98. The Labute approximate surface area is 153 Å². The molecular formula is C20H28N3OS+. The highest BCUT2D eigenvalue weighted by Crippen LogP contribution is 2.30. The molecule has 2 saturated heterocycles. The van der Waals surface area contributed by atoms with Crippen molar-refractivity contribution in [3.8, 4) is 0 Å². The fourth-order valence-corrected chi connectivity index (χ4v) is 5.27. The largest absolute Gasteiger partial charge is 0.338 e. The molecule has 1 aromatic carbocycles. The van der Waals surface area contributed by atoms with Gasteiger partial charge in [0.2, 0.25) is 0 Å². The van der Waals surface area contributed by atoms with Crippen LogP contribution < -0.4 is 4.90 Å². The summed E-state index contributed by atoms with van der Waals surface area (Å²) in [4.78, 5) is 21.0. The minimum absolute atomic E-state index is 0.354. The molecule has 1 aromatic heterocycles. The Morgan fingerprint density at radius 1 is 1.28 bits per heavy atom. The van der Waals surface area contributed by atoms with E-state index in [1.807, 2.05) is 11.3 Å². The molecule has 1 amide bonds. The van der Waals surface area contributed by atoms with Crippen LogP contribution in [0.5, 0.6) is 0 Å². The molecule has 1 unspecified atom stereocenters. The summed E-state index contributed by atoms with van der Waals surface area (Å²) in [6, 6.07) is 8.40. The number of carbonyl (C=O) groups is 1. The summed E-state index contributed by atoms with van der Waals surface area (Å²) in [7, 11) is 0. The summed E-state index contributed by atoms with van der Waals surface area (Å²) in [6.07, 6.45) is 4.73. The zero-order chi connectivity index (χ0) is 17.2. The Bertz CT molecular complexity index is 702. The van der Waals surface area contributed by atoms with Gasteiger partial charge in [0.05, 0.1) is 29.2 Å². The standard InChI is InChI=1S/C20H27N3OS/c1-15-8-11-23(12-9-15)19(24)14-22-10-4-5-16(13-22)20-21-17-6-2-3-7-18(17)25-20/h2-3,6-7,15-16H,4-5,8-14H2,1H3/p+1/t16-/m0/s1. The molecule has 0 saturated carbocycles. The topological polar surface area (TPSA) is 37.6 Å². The fraction of sp³-hybridized carbons (Fsp3) is 0.600. The Morgan fingerprint density at radius 2 is 2.08 bits per heavy atom. The molecule has 25 heavy (non-hydrogen) atoms. The molecule has 0 bridgehead atoms. The number of amides is 1. The van der Waals surface area contributed by atoms with E-state index in [0.29, 0.717) is 18.4 Å². The maximum Gasteiger partial charge on any atom is 0.277 e. The number of nitrogens with zero attached hydrogens (tertiary/aromatic N) is 2. The van der Waals surface area contributed by atoms with E-state index < -0.39 is 0 Å². The summed E-state index contributed by atoms with van der Waals surface area (Å²) in [5, 5.41) is 1.26. The van der Waals surface area contributed by atoms with Gasteiger partial charge in [-0.3, -0.25) is 4.79 Å². The van der Waals surface area contributed by atoms with Gasteiger partial charge in [0, 0.05) is 13.1 Å². The number of rotatable bonds is 3. The van der Waals surface area contributed by atoms with Gasteiger partial charge in [-0.2, -0.15) is 0 Å². The third-order valence-electron chi connectivity index (χ3n) is 5.82. The zero-order valence-corrected chi connectivity index (χ0v) is 15.9. The van der Waals surface area contributed by atoms with Crippen LogP contribution in [-0.2, 0) is 4.79 Å². The van der Waals surface area contributed by atoms with Crippen LogP contribution in [0.3, 0.4) is 0 Å². The summed E-state index contributed by atoms with van der Waals surface area (Å²) >= 11 is 1.83. The highest BCUT2D eigenvalue weighted by Gasteiger charge is 2.30. The first-order valence-corrected chi connectivity index (χ1v) is 10.5. The van der Waals surface area contributed by atoms with Crippen LogP contribution in [-0.4, -0.2) is 48.5 Å². The number of hydrogen-bond donors (Lipinski definition) is 1. The highest BCUT2D eigenvalue weighted by atomic mass is 32.1. The van der Waals surface area contributed by atoms with Gasteiger partial charge in [-0.15, -0.1) is 11.3 Å². The smallest absolute Gasteiger partial charge is 0.277 e. The molecule has 4 rings (SSSR count). The first-order valence-electron chi connectivity index (χ1n) is 9.66. The summed E-state index contributed by atoms with van der Waals surface area (Å²) in [5.41, 5.74) is 1.12. The molecular weight excluding hydrogens is 330 g/mol. The van der Waals surface area contributed by atoms with Crippen LogP contribution >= 0.6 is 11.3 Å². The normalized spacial score (nSPS) is 25.4. The Morgan fingerprint density at radius 3 is 2.88 bits per heavy atom. The van der Waals surface area contributed by atoms with Gasteiger partial charge in [-0.05, 0) is 43.7 Å². The fourth-order valence-electron chi connectivity index (χ4n) is 4.17. The maximum atomic E-state index is 12.6. The monoisotopic (exact) mass is 358 g/mol. The van der Waals surface area contributed by atoms with Crippen molar-refractivity contribution in [3.63, 3.8) is 0 Å². The second kappa shape index (κ2) is 7.42. The average molecular weight is 359 g/mol. The number of piperidine rings is 2. The van der Waals surface area contributed by atoms with Crippen molar-refractivity contribution in [2.24, 2.45) is 5.92 Å². The van der Waals surface area contributed by atoms with Crippen molar-refractivity contribution in [2.45, 2.75) is 38.5 Å². The van der Waals surface area contributed by atoms with Gasteiger partial charge in [0.1, 0.15) is 5.01 Å². The number of nitrogens with one attached hydrogen (secondary N) is 1. The quantitative estimate of drug-likeness (QED) is 0.914. The number of carbonyl (C=O) groups excluding carboxylic acids is 1. The van der Waals surface area contributed by atoms with E-state index in [1.54, 1.807) is 0 Å². The second-order valence-corrected chi connectivity index (χ2v) is 8.87. The molecule has 4 nitrogen and oxygen atoms in total. The molecule has 2 atom stereocenters. The lowest BCUT2D eigenvalue weighted by Gasteiger charge is -2.33. The zero-order valence-electron chi connectivity index (χ0n) is 15.0. The molecule has 0 aliphatic carbocycles. The van der Waals surface area contributed by atoms with E-state index >= 15 is 0 Å². The number of fused-ring (bicyclic) bond motifs is 1. The number of thiazole rings is 1. The summed E-state index contributed by atoms with van der Waals surface area (Å²) in [6.45, 7) is 7.03. The lowest BCUT2D eigenvalue weighted by molar-refractivity contribution is -0.898. The predicted octanol–water partition coefficient (Wildman–Crippen LogP) is 2.32. The van der Waals surface area contributed by atoms with E-state index in [4.69, 9.17) is 4.98 Å². The molecule has 3 heterocycles. The second-order valence-electron chi connectivity index (χ2n) is 7.80. The van der Waals surface area contributed by atoms with Crippen molar-refractivity contribution in [1.29, 1.82) is 0 Å². The van der Waals surface area contributed by atoms with E-state index in [-0.39, 0.29) is 0 Å². The van der Waals surface area contributed by atoms with Crippen molar-refractivity contribution < 1.29 is 9.69 Å². The molecule has 2 aliphatic heterocycles. The van der Waals surface area contributed by atoms with Crippen molar-refractivity contribution in [1.82, 2.24) is 9.88 Å². The number of quaternary nitrogens is 1. The van der Waals surface area contributed by atoms with Crippen LogP contribution in [0.1, 0.15) is 43.5 Å². The number of para-hydroxylation sites is 1. The van der Waals surface area contributed by atoms with Crippen molar-refractivity contribution in [3.05, 3.63) is 29.3 Å². The molecule has 5 heteroatoms. The highest BCUT2D eigenvalue weighted by molar-refractivity contribution is 7.18. The predicted molar refractivity (Wildman–Crippen MR) is 102 cm³/mol. The van der Waals surface area contributed by atoms with E-state index in [2.05, 4.69) is 36.1 Å². The SMILES string of the molecule is CC1CCN(C(=O)C[NH+]2CCC[C@H](c3nc4ccccc4s3)C2)CC1. The van der Waals surface area contributed by atoms with Gasteiger partial charge in [0.25, 0.3) is 5.91 Å². The van der Waals surface area contributed by atoms with Crippen molar-refractivity contribution in [2.75, 3.05) is 32.7 Å². The third-order valence-corrected chi connectivity index (χ3v) is 7.01. The number of hydrogen-bond acceptors (Lipinski definition) is 3. The van der Waals surface area contributed by atoms with Crippen LogP contribution in [0, 0.1) is 5.92 Å². The molecule has 2 aliphatic rings. The number of likely N-dealkylation sites (tertiary alicyclic amines) is 2. The minimum Gasteiger partial charge on any atom is -0.338 e. The van der Waals surface area contributed by atoms with Gasteiger partial charge >= 0.3 is 0 Å². The molecule has 134 valence electrons. The van der Waals surface area contributed by atoms with Crippen LogP contribution in [0.2, 0.25) is 0 Å². The Hall–Kier alpha value is -1.46. The van der Waals surface area contributed by atoms with Gasteiger partial charge in [-0.25, -0.2) is 4.98 Å². The van der Waals surface area contributed by atoms with Gasteiger partial charge in [-0.1, -0.05) is 19.1 Å². The Kier molecular flexibility index (Phi) is 5.04. The molecule has 2 fully saturated rings. The molecule has 1 N–H and O–H groups in total. The van der Waals surface area contributed by atoms with E-state index in [1.165, 1.54) is 27.4 Å². The third kappa shape index (κ3) is 3.87. The maximum absolute atomic E-state index is 12.6. The summed E-state index contributed by atoms with van der Waals surface area (Å²) < 4.78 is 1.28.